The molecule has 1 radical (unpaired) electrons. The van der Waals surface area contributed by atoms with Gasteiger partial charge in [0.15, 0.2) is 10.1 Å². The second-order valence-corrected chi connectivity index (χ2v) is 26.8. The fourth-order valence-electron chi connectivity index (χ4n) is 8.25. The summed E-state index contributed by atoms with van der Waals surface area (Å²) >= 11 is 0. The Kier molecular flexibility index (Phi) is 24.8. The molecule has 1 aliphatic carbocycles. The fraction of sp³-hybridized carbons (Fsp3) is 0.286. The zero-order valence-corrected chi connectivity index (χ0v) is 49.3. The molecule has 0 aliphatic heterocycles. The van der Waals surface area contributed by atoms with Crippen molar-refractivity contribution in [3.8, 4) is 0 Å². The smallest absolute Gasteiger partial charge is 0.485 e. The van der Waals surface area contributed by atoms with Crippen LogP contribution in [0.15, 0.2) is 170 Å². The minimum absolute atomic E-state index is 0. The van der Waals surface area contributed by atoms with E-state index < -0.39 is 134 Å². The van der Waals surface area contributed by atoms with E-state index in [4.69, 9.17) is 13.0 Å². The Morgan fingerprint density at radius 1 is 0.341 bits per heavy atom. The predicted octanol–water partition coefficient (Wildman–Crippen LogP) is 17.2. The van der Waals surface area contributed by atoms with Gasteiger partial charge in [-0.05, 0) is 178 Å². The molecule has 29 heteroatoms. The van der Waals surface area contributed by atoms with Crippen molar-refractivity contribution in [2.75, 3.05) is 18.5 Å². The molecule has 0 fully saturated rings. The van der Waals surface area contributed by atoms with E-state index in [0.29, 0.717) is 72.8 Å². The Morgan fingerprint density at radius 3 is 0.624 bits per heavy atom. The van der Waals surface area contributed by atoms with Crippen molar-refractivity contribution in [3.63, 3.8) is 0 Å². The quantitative estimate of drug-likeness (QED) is 0.0403. The molecule has 0 unspecified atom stereocenters. The van der Waals surface area contributed by atoms with Crippen LogP contribution in [0.25, 0.3) is 0 Å². The molecular formula is C56H45F21IrO3P3S-. The molecule has 85 heavy (non-hydrogen) atoms. The van der Waals surface area contributed by atoms with Crippen molar-refractivity contribution < 1.29 is 125 Å². The van der Waals surface area contributed by atoms with Gasteiger partial charge in [0, 0.05) is 20.1 Å². The Labute approximate surface area is 491 Å². The fourth-order valence-corrected chi connectivity index (χ4v) is 17.1. The van der Waals surface area contributed by atoms with Gasteiger partial charge >= 0.3 is 42.6 Å². The van der Waals surface area contributed by atoms with Crippen molar-refractivity contribution in [2.24, 2.45) is 5.41 Å². The Balaban J connectivity index is 0.000000790. The number of benzene rings is 6. The summed E-state index contributed by atoms with van der Waals surface area (Å²) in [6, 6.07) is 21.2. The topological polar surface area (TPSA) is 57.2 Å². The summed E-state index contributed by atoms with van der Waals surface area (Å²) in [6.07, 6.45) is -17.6. The second kappa shape index (κ2) is 29.0. The molecule has 7 rings (SSSR count). The van der Waals surface area contributed by atoms with Gasteiger partial charge in [-0.3, -0.25) is 0 Å². The number of alkyl halides is 21. The molecule has 0 saturated heterocycles. The van der Waals surface area contributed by atoms with E-state index in [2.05, 4.69) is 24.3 Å². The molecule has 0 bridgehead atoms. The van der Waals surface area contributed by atoms with Crippen LogP contribution in [-0.4, -0.2) is 37.0 Å². The minimum atomic E-state index is -6.09. The van der Waals surface area contributed by atoms with Gasteiger partial charge in [-0.25, -0.2) is 8.42 Å². The van der Waals surface area contributed by atoms with E-state index in [1.165, 1.54) is 69.0 Å². The molecule has 465 valence electrons. The van der Waals surface area contributed by atoms with Gasteiger partial charge in [0.05, 0.1) is 33.4 Å². The molecule has 0 atom stereocenters. The van der Waals surface area contributed by atoms with E-state index in [-0.39, 0.29) is 51.9 Å². The molecule has 0 saturated carbocycles. The van der Waals surface area contributed by atoms with Crippen LogP contribution in [0.1, 0.15) is 66.0 Å². The molecule has 0 spiro atoms. The van der Waals surface area contributed by atoms with E-state index in [1.807, 2.05) is 0 Å². The van der Waals surface area contributed by atoms with E-state index in [0.717, 1.165) is 36.4 Å². The molecule has 3 nitrogen and oxygen atoms in total. The summed E-state index contributed by atoms with van der Waals surface area (Å²) in [5, 5.41) is -1.14. The molecule has 0 heterocycles. The Bertz CT molecular complexity index is 2840. The van der Waals surface area contributed by atoms with Crippen LogP contribution in [0.2, 0.25) is 0 Å². The van der Waals surface area contributed by atoms with Gasteiger partial charge in [-0.1, -0.05) is 104 Å². The third-order valence-electron chi connectivity index (χ3n) is 12.1. The maximum absolute atomic E-state index is 14.3. The number of hydrogen-bond acceptors (Lipinski definition) is 3. The Morgan fingerprint density at radius 2 is 0.494 bits per heavy atom. The van der Waals surface area contributed by atoms with Crippen LogP contribution < -0.4 is 31.8 Å². The summed E-state index contributed by atoms with van der Waals surface area (Å²) in [4.78, 5) is 0. The zero-order chi connectivity index (χ0) is 62.9. The average Bonchev–Trinajstić information content (AvgIpc) is 1.23. The van der Waals surface area contributed by atoms with Gasteiger partial charge in [-0.2, -0.15) is 92.2 Å². The first-order valence-electron chi connectivity index (χ1n) is 24.3. The third-order valence-corrected chi connectivity index (χ3v) is 21.4. The van der Waals surface area contributed by atoms with Gasteiger partial charge in [0.2, 0.25) is 0 Å². The second-order valence-electron chi connectivity index (χ2n) is 18.9. The molecule has 0 aromatic heterocycles. The normalized spacial score (nSPS) is 14.8. The first kappa shape index (κ1) is 72.7. The molecule has 6 aromatic rings. The van der Waals surface area contributed by atoms with Crippen LogP contribution >= 0.6 is 23.8 Å². The van der Waals surface area contributed by atoms with Crippen LogP contribution in [0.4, 0.5) is 92.2 Å². The Hall–Kier alpha value is -4.82. The molecule has 0 N–H and O–H groups in total. The van der Waals surface area contributed by atoms with Crippen molar-refractivity contribution in [1.29, 1.82) is 0 Å². The monoisotopic (exact) mass is 1480 g/mol. The minimum Gasteiger partial charge on any atom is -0.741 e. The SMILES string of the molecule is C1=C\CC/C=C\CC/1.CC(CP(c1cccc(C(F)(F)F)c1)c1cccc(C(F)(F)F)c1)(CP(c1cccc(C(F)(F)F)c1)c1cccc(C(F)(F)F)c1)CP(c1cccc(C(F)(F)F)c1)c1cccc(C(F)(F)F)c1.O=S(=O)([O-])C(F)(F)F.[Ir]. The first-order chi connectivity index (χ1) is 38.6. The van der Waals surface area contributed by atoms with E-state index >= 15 is 0 Å². The van der Waals surface area contributed by atoms with Gasteiger partial charge in [0.25, 0.3) is 0 Å². The molecular weight excluding hydrogens is 1440 g/mol. The standard InChI is InChI=1S/C47H33F18P3.C8H12.CHF3O3S.Ir/c1-41(26-66(35-14-2-8-29(20-35)42(48,49)50)36-15-3-9-30(21-36)43(51,52)53,27-67(37-16-4-10-31(22-37)44(54,55)56)38-17-5-11-32(23-38)45(57,58)59)28-68(39-18-6-12-33(24-39)46(60,61)62)40-19-7-13-34(25-40)47(63,64)65;1-2-4-6-8-7-5-3-1;2-1(3,4)8(5,6)7;/h2-25H,26-28H2,1H3;1-2,7-8H,3-6H2;(H,5,6,7);/p-1/b;2-1-,8-7-;;. The largest absolute Gasteiger partial charge is 0.741 e. The van der Waals surface area contributed by atoms with Crippen molar-refractivity contribution >= 4 is 65.7 Å². The number of rotatable bonds is 12. The van der Waals surface area contributed by atoms with Crippen LogP contribution in [0, 0.1) is 5.41 Å². The molecule has 1 aliphatic rings. The summed E-state index contributed by atoms with van der Waals surface area (Å²) in [6.45, 7) is 1.39. The van der Waals surface area contributed by atoms with Gasteiger partial charge in [0.1, 0.15) is 0 Å². The van der Waals surface area contributed by atoms with Crippen LogP contribution in [0.5, 0.6) is 0 Å². The van der Waals surface area contributed by atoms with Crippen LogP contribution in [-0.2, 0) is 67.3 Å². The number of halogens is 21. The number of hydrogen-bond donors (Lipinski definition) is 0. The van der Waals surface area contributed by atoms with Crippen molar-refractivity contribution in [3.05, 3.63) is 203 Å². The van der Waals surface area contributed by atoms with Crippen molar-refractivity contribution in [2.45, 2.75) is 75.2 Å². The van der Waals surface area contributed by atoms with Gasteiger partial charge in [-0.15, -0.1) is 0 Å². The van der Waals surface area contributed by atoms with Crippen LogP contribution in [0.3, 0.4) is 0 Å². The van der Waals surface area contributed by atoms with Gasteiger partial charge < -0.3 is 4.55 Å². The third kappa shape index (κ3) is 21.8. The summed E-state index contributed by atoms with van der Waals surface area (Å²) < 4.78 is 316. The molecule has 6 aromatic carbocycles. The zero-order valence-electron chi connectivity index (χ0n) is 43.4. The first-order valence-corrected chi connectivity index (χ1v) is 30.2. The predicted molar refractivity (Wildman–Crippen MR) is 282 cm³/mol. The number of allylic oxidation sites excluding steroid dienone is 4. The maximum atomic E-state index is 14.3. The molecule has 0 amide bonds. The van der Waals surface area contributed by atoms with E-state index in [1.54, 1.807) is 0 Å². The summed E-state index contributed by atoms with van der Waals surface area (Å²) in [7, 11) is -13.6. The van der Waals surface area contributed by atoms with Crippen molar-refractivity contribution in [1.82, 2.24) is 0 Å². The summed E-state index contributed by atoms with van der Waals surface area (Å²) in [5.41, 5.74) is -14.8. The maximum Gasteiger partial charge on any atom is 0.485 e. The summed E-state index contributed by atoms with van der Waals surface area (Å²) in [5.74, 6) is 0. The average molecular weight is 1480 g/mol. The van der Waals surface area contributed by atoms with E-state index in [9.17, 15) is 92.2 Å².